The molecule has 0 aliphatic rings. The van der Waals surface area contributed by atoms with Crippen molar-refractivity contribution in [1.29, 1.82) is 0 Å². The minimum atomic E-state index is -1.03. The summed E-state index contributed by atoms with van der Waals surface area (Å²) in [4.78, 5) is 23.3. The van der Waals surface area contributed by atoms with Crippen molar-refractivity contribution < 1.29 is 19.4 Å². The highest BCUT2D eigenvalue weighted by atomic mass is 16.5. The van der Waals surface area contributed by atoms with E-state index in [0.29, 0.717) is 13.0 Å². The minimum absolute atomic E-state index is 0.227. The summed E-state index contributed by atoms with van der Waals surface area (Å²) in [5, 5.41) is 11.9. The van der Waals surface area contributed by atoms with Crippen molar-refractivity contribution in [3.05, 3.63) is 65.7 Å². The lowest BCUT2D eigenvalue weighted by Crippen LogP contribution is -2.42. The molecule has 0 aliphatic carbocycles. The molecule has 0 heterocycles. The van der Waals surface area contributed by atoms with Crippen LogP contribution in [0.15, 0.2) is 54.6 Å². The molecular formula is C20H23NO4. The number of carbonyl (C=O) groups is 2. The van der Waals surface area contributed by atoms with Gasteiger partial charge in [-0.1, -0.05) is 42.5 Å². The molecule has 0 saturated carbocycles. The van der Waals surface area contributed by atoms with Gasteiger partial charge in [0.1, 0.15) is 11.8 Å². The van der Waals surface area contributed by atoms with Crippen LogP contribution in [0, 0.1) is 6.92 Å². The van der Waals surface area contributed by atoms with Gasteiger partial charge < -0.3 is 15.2 Å². The predicted molar refractivity (Wildman–Crippen MR) is 95.6 cm³/mol. The number of nitrogens with one attached hydrogen (secondary N) is 1. The molecule has 2 aromatic rings. The van der Waals surface area contributed by atoms with Gasteiger partial charge in [-0.2, -0.15) is 0 Å². The average molecular weight is 341 g/mol. The molecule has 1 atom stereocenters. The molecule has 1 amide bonds. The number of carbonyl (C=O) groups excluding carboxylic acids is 1. The maximum atomic E-state index is 12.0. The van der Waals surface area contributed by atoms with Crippen molar-refractivity contribution in [3.8, 4) is 5.75 Å². The van der Waals surface area contributed by atoms with Gasteiger partial charge in [0.2, 0.25) is 5.91 Å². The molecule has 5 heteroatoms. The molecule has 0 saturated heterocycles. The lowest BCUT2D eigenvalue weighted by Gasteiger charge is -2.15. The first-order valence-corrected chi connectivity index (χ1v) is 8.30. The number of amides is 1. The van der Waals surface area contributed by atoms with Crippen molar-refractivity contribution in [1.82, 2.24) is 5.32 Å². The van der Waals surface area contributed by atoms with E-state index in [4.69, 9.17) is 4.74 Å². The molecule has 0 fully saturated rings. The molecule has 5 nitrogen and oxygen atoms in total. The van der Waals surface area contributed by atoms with Crippen LogP contribution in [0.4, 0.5) is 0 Å². The van der Waals surface area contributed by atoms with Gasteiger partial charge in [-0.15, -0.1) is 0 Å². The maximum absolute atomic E-state index is 12.0. The lowest BCUT2D eigenvalue weighted by molar-refractivity contribution is -0.141. The Balaban J connectivity index is 1.74. The second kappa shape index (κ2) is 9.47. The standard InChI is InChI=1S/C20H23NO4/c1-15-7-5-10-17(13-15)25-12-6-11-19(22)21-18(20(23)24)14-16-8-3-2-4-9-16/h2-5,7-10,13,18H,6,11-12,14H2,1H3,(H,21,22)(H,23,24)/t18-/m1/s1. The molecular weight excluding hydrogens is 318 g/mol. The van der Waals surface area contributed by atoms with E-state index in [1.807, 2.05) is 61.5 Å². The number of carboxylic acid groups (broad SMARTS) is 1. The van der Waals surface area contributed by atoms with Crippen LogP contribution < -0.4 is 10.1 Å². The Kier molecular flexibility index (Phi) is 7.01. The van der Waals surface area contributed by atoms with E-state index in [0.717, 1.165) is 16.9 Å². The Morgan fingerprint density at radius 1 is 1.12 bits per heavy atom. The first-order valence-electron chi connectivity index (χ1n) is 8.30. The molecule has 2 aromatic carbocycles. The molecule has 0 bridgehead atoms. The normalized spacial score (nSPS) is 11.6. The van der Waals surface area contributed by atoms with Crippen LogP contribution >= 0.6 is 0 Å². The van der Waals surface area contributed by atoms with Gasteiger partial charge in [-0.25, -0.2) is 4.79 Å². The molecule has 132 valence electrons. The van der Waals surface area contributed by atoms with E-state index in [1.54, 1.807) is 0 Å². The fraction of sp³-hybridized carbons (Fsp3) is 0.300. The second-order valence-corrected chi connectivity index (χ2v) is 5.92. The zero-order chi connectivity index (χ0) is 18.1. The van der Waals surface area contributed by atoms with Crippen LogP contribution in [0.3, 0.4) is 0 Å². The summed E-state index contributed by atoms with van der Waals surface area (Å²) >= 11 is 0. The highest BCUT2D eigenvalue weighted by Gasteiger charge is 2.20. The summed E-state index contributed by atoms with van der Waals surface area (Å²) in [6.07, 6.45) is 1.02. The van der Waals surface area contributed by atoms with Crippen LogP contribution in [-0.4, -0.2) is 29.6 Å². The van der Waals surface area contributed by atoms with E-state index in [1.165, 1.54) is 0 Å². The monoisotopic (exact) mass is 341 g/mol. The molecule has 0 unspecified atom stereocenters. The number of aliphatic carboxylic acids is 1. The highest BCUT2D eigenvalue weighted by molar-refractivity contribution is 5.83. The Bertz CT molecular complexity index is 700. The molecule has 2 rings (SSSR count). The van der Waals surface area contributed by atoms with Crippen molar-refractivity contribution >= 4 is 11.9 Å². The molecule has 2 N–H and O–H groups in total. The van der Waals surface area contributed by atoms with Gasteiger partial charge in [0.05, 0.1) is 6.61 Å². The summed E-state index contributed by atoms with van der Waals surface area (Å²) in [6.45, 7) is 2.40. The van der Waals surface area contributed by atoms with E-state index < -0.39 is 12.0 Å². The topological polar surface area (TPSA) is 75.6 Å². The number of rotatable bonds is 9. The van der Waals surface area contributed by atoms with Crippen LogP contribution in [0.1, 0.15) is 24.0 Å². The second-order valence-electron chi connectivity index (χ2n) is 5.92. The SMILES string of the molecule is Cc1cccc(OCCCC(=O)N[C@H](Cc2ccccc2)C(=O)O)c1. The Hall–Kier alpha value is -2.82. The maximum Gasteiger partial charge on any atom is 0.326 e. The summed E-state index contributed by atoms with van der Waals surface area (Å²) in [7, 11) is 0. The van der Waals surface area contributed by atoms with E-state index >= 15 is 0 Å². The van der Waals surface area contributed by atoms with Gasteiger partial charge in [-0.3, -0.25) is 4.79 Å². The number of carboxylic acids is 1. The van der Waals surface area contributed by atoms with E-state index in [9.17, 15) is 14.7 Å². The lowest BCUT2D eigenvalue weighted by atomic mass is 10.1. The van der Waals surface area contributed by atoms with Gasteiger partial charge in [0.15, 0.2) is 0 Å². The molecule has 0 aliphatic heterocycles. The van der Waals surface area contributed by atoms with Gasteiger partial charge in [-0.05, 0) is 36.6 Å². The average Bonchev–Trinajstić information content (AvgIpc) is 2.59. The van der Waals surface area contributed by atoms with Crippen LogP contribution in [-0.2, 0) is 16.0 Å². The van der Waals surface area contributed by atoms with Crippen LogP contribution in [0.5, 0.6) is 5.75 Å². The zero-order valence-corrected chi connectivity index (χ0v) is 14.3. The van der Waals surface area contributed by atoms with Crippen LogP contribution in [0.25, 0.3) is 0 Å². The highest BCUT2D eigenvalue weighted by Crippen LogP contribution is 2.12. The largest absolute Gasteiger partial charge is 0.494 e. The number of aryl methyl sites for hydroxylation is 1. The third-order valence-corrected chi connectivity index (χ3v) is 3.72. The van der Waals surface area contributed by atoms with Gasteiger partial charge in [0.25, 0.3) is 0 Å². The summed E-state index contributed by atoms with van der Waals surface area (Å²) in [5.41, 5.74) is 1.98. The molecule has 0 radical (unpaired) electrons. The van der Waals surface area contributed by atoms with Crippen LogP contribution in [0.2, 0.25) is 0 Å². The van der Waals surface area contributed by atoms with Crippen molar-refractivity contribution in [3.63, 3.8) is 0 Å². The Morgan fingerprint density at radius 2 is 1.88 bits per heavy atom. The first-order chi connectivity index (χ1) is 12.0. The number of benzene rings is 2. The summed E-state index contributed by atoms with van der Waals surface area (Å²) < 4.78 is 5.59. The Labute approximate surface area is 147 Å². The third-order valence-electron chi connectivity index (χ3n) is 3.72. The van der Waals surface area contributed by atoms with Crippen molar-refractivity contribution in [2.75, 3.05) is 6.61 Å². The molecule has 25 heavy (non-hydrogen) atoms. The predicted octanol–water partition coefficient (Wildman–Crippen LogP) is 2.97. The van der Waals surface area contributed by atoms with Crippen molar-refractivity contribution in [2.24, 2.45) is 0 Å². The van der Waals surface area contributed by atoms with E-state index in [-0.39, 0.29) is 18.7 Å². The van der Waals surface area contributed by atoms with Gasteiger partial charge >= 0.3 is 5.97 Å². The quantitative estimate of drug-likeness (QED) is 0.688. The van der Waals surface area contributed by atoms with E-state index in [2.05, 4.69) is 5.32 Å². The summed E-state index contributed by atoms with van der Waals surface area (Å²) in [6, 6.07) is 16.0. The fourth-order valence-electron chi connectivity index (χ4n) is 2.44. The van der Waals surface area contributed by atoms with Crippen molar-refractivity contribution in [2.45, 2.75) is 32.2 Å². The molecule has 0 aromatic heterocycles. The molecule has 0 spiro atoms. The zero-order valence-electron chi connectivity index (χ0n) is 14.3. The Morgan fingerprint density at radius 3 is 2.56 bits per heavy atom. The third kappa shape index (κ3) is 6.67. The minimum Gasteiger partial charge on any atom is -0.494 e. The number of ether oxygens (including phenoxy) is 1. The number of hydrogen-bond donors (Lipinski definition) is 2. The summed E-state index contributed by atoms with van der Waals surface area (Å²) in [5.74, 6) is -0.544. The number of hydrogen-bond acceptors (Lipinski definition) is 3. The van der Waals surface area contributed by atoms with Gasteiger partial charge in [0, 0.05) is 12.8 Å². The first kappa shape index (κ1) is 18.5. The smallest absolute Gasteiger partial charge is 0.326 e. The fourth-order valence-corrected chi connectivity index (χ4v) is 2.44.